The number of nitrogens with two attached hydrogens (primary N) is 2. The lowest BCUT2D eigenvalue weighted by atomic mass is 9.85. The Balaban J connectivity index is 1.68. The number of nitrogens with zero attached hydrogens (tertiary/aromatic N) is 6. The molecule has 0 saturated heterocycles. The molecule has 35 heavy (non-hydrogen) atoms. The molecule has 4 rings (SSSR count). The average molecular weight is 544 g/mol. The number of halogens is 1. The summed E-state index contributed by atoms with van der Waals surface area (Å²) >= 11 is 3.50. The van der Waals surface area contributed by atoms with Crippen LogP contribution in [0.1, 0.15) is 31.8 Å². The minimum atomic E-state index is -1.07. The van der Waals surface area contributed by atoms with Gasteiger partial charge < -0.3 is 30.9 Å². The Morgan fingerprint density at radius 1 is 1.14 bits per heavy atom. The SMILES string of the molecule is COC1=CC(N(C)CCN(C)C)=C(N)CC1(N)c1nccc(N2CC(C)(C)c3nc(Br)ccc32)n1. The van der Waals surface area contributed by atoms with E-state index in [1.54, 1.807) is 13.3 Å². The second kappa shape index (κ2) is 9.40. The van der Waals surface area contributed by atoms with Crippen LogP contribution in [-0.2, 0) is 15.7 Å². The van der Waals surface area contributed by atoms with Crippen molar-refractivity contribution in [3.63, 3.8) is 0 Å². The Bertz CT molecular complexity index is 1180. The molecule has 1 atom stereocenters. The van der Waals surface area contributed by atoms with Crippen molar-refractivity contribution < 1.29 is 4.74 Å². The normalized spacial score (nSPS) is 21.3. The third kappa shape index (κ3) is 4.74. The van der Waals surface area contributed by atoms with E-state index in [1.807, 2.05) is 39.4 Å². The quantitative estimate of drug-likeness (QED) is 0.510. The van der Waals surface area contributed by atoms with Crippen molar-refractivity contribution in [2.24, 2.45) is 11.5 Å². The second-order valence-corrected chi connectivity index (χ2v) is 11.0. The lowest BCUT2D eigenvalue weighted by molar-refractivity contribution is 0.205. The Hall–Kier alpha value is -2.69. The van der Waals surface area contributed by atoms with Gasteiger partial charge in [0, 0.05) is 56.5 Å². The van der Waals surface area contributed by atoms with Crippen LogP contribution in [0.15, 0.2) is 52.2 Å². The Morgan fingerprint density at radius 3 is 2.57 bits per heavy atom. The van der Waals surface area contributed by atoms with Crippen LogP contribution in [0.25, 0.3) is 0 Å². The van der Waals surface area contributed by atoms with E-state index in [0.29, 0.717) is 23.7 Å². The molecule has 188 valence electrons. The van der Waals surface area contributed by atoms with Crippen molar-refractivity contribution in [1.82, 2.24) is 24.8 Å². The first-order valence-corrected chi connectivity index (χ1v) is 12.4. The Labute approximate surface area is 216 Å². The molecule has 0 radical (unpaired) electrons. The zero-order valence-corrected chi connectivity index (χ0v) is 22.9. The first kappa shape index (κ1) is 25.4. The molecular formula is C25H35BrN8O. The maximum absolute atomic E-state index is 6.95. The first-order chi connectivity index (χ1) is 16.5. The standard InChI is InChI=1S/C25H35BrN8O/c1-24(2)15-34(17-7-8-20(26)30-22(17)24)21-9-10-29-23(31-21)25(28)14-16(27)18(13-19(25)35-6)33(5)12-11-32(3)4/h7-10,13H,11-12,14-15,27-28H2,1-6H3. The van der Waals surface area contributed by atoms with Crippen LogP contribution >= 0.6 is 15.9 Å². The third-order valence-corrected chi connectivity index (χ3v) is 7.10. The fourth-order valence-corrected chi connectivity index (χ4v) is 5.01. The fourth-order valence-electron chi connectivity index (χ4n) is 4.70. The van der Waals surface area contributed by atoms with Crippen molar-refractivity contribution >= 4 is 27.4 Å². The second-order valence-electron chi connectivity index (χ2n) is 10.2. The zero-order chi connectivity index (χ0) is 25.5. The molecule has 2 aromatic rings. The van der Waals surface area contributed by atoms with E-state index < -0.39 is 5.54 Å². The molecule has 0 aromatic carbocycles. The van der Waals surface area contributed by atoms with E-state index in [1.165, 1.54) is 0 Å². The van der Waals surface area contributed by atoms with Gasteiger partial charge in [0.05, 0.1) is 24.2 Å². The number of ether oxygens (including phenoxy) is 1. The minimum Gasteiger partial charge on any atom is -0.499 e. The van der Waals surface area contributed by atoms with Gasteiger partial charge in [0.15, 0.2) is 5.82 Å². The highest BCUT2D eigenvalue weighted by Crippen LogP contribution is 2.44. The number of hydrogen-bond donors (Lipinski definition) is 2. The summed E-state index contributed by atoms with van der Waals surface area (Å²) < 4.78 is 6.60. The van der Waals surface area contributed by atoms with Crippen molar-refractivity contribution in [2.75, 3.05) is 52.8 Å². The summed E-state index contributed by atoms with van der Waals surface area (Å²) in [5.41, 5.74) is 16.0. The largest absolute Gasteiger partial charge is 0.499 e. The van der Waals surface area contributed by atoms with Gasteiger partial charge in [-0.3, -0.25) is 0 Å². The van der Waals surface area contributed by atoms with Crippen LogP contribution in [-0.4, -0.2) is 72.6 Å². The molecule has 0 bridgehead atoms. The van der Waals surface area contributed by atoms with E-state index >= 15 is 0 Å². The molecule has 1 aliphatic carbocycles. The molecule has 10 heteroatoms. The molecule has 1 aliphatic heterocycles. The van der Waals surface area contributed by atoms with Gasteiger partial charge in [0.2, 0.25) is 0 Å². The number of likely N-dealkylation sites (N-methyl/N-ethyl adjacent to an activating group) is 2. The van der Waals surface area contributed by atoms with Gasteiger partial charge in [-0.15, -0.1) is 0 Å². The highest BCUT2D eigenvalue weighted by molar-refractivity contribution is 9.10. The van der Waals surface area contributed by atoms with E-state index in [2.05, 4.69) is 55.5 Å². The van der Waals surface area contributed by atoms with E-state index in [0.717, 1.165) is 47.1 Å². The summed E-state index contributed by atoms with van der Waals surface area (Å²) in [5, 5.41) is 0. The number of rotatable bonds is 7. The summed E-state index contributed by atoms with van der Waals surface area (Å²) in [6.45, 7) is 6.85. The average Bonchev–Trinajstić information content (AvgIpc) is 3.07. The molecular weight excluding hydrogens is 508 g/mol. The third-order valence-electron chi connectivity index (χ3n) is 6.66. The van der Waals surface area contributed by atoms with Crippen LogP contribution in [0.2, 0.25) is 0 Å². The molecule has 3 heterocycles. The predicted molar refractivity (Wildman–Crippen MR) is 142 cm³/mol. The first-order valence-electron chi connectivity index (χ1n) is 11.6. The minimum absolute atomic E-state index is 0.133. The van der Waals surface area contributed by atoms with Crippen LogP contribution in [0.4, 0.5) is 11.5 Å². The molecule has 0 saturated carbocycles. The monoisotopic (exact) mass is 542 g/mol. The smallest absolute Gasteiger partial charge is 0.158 e. The summed E-state index contributed by atoms with van der Waals surface area (Å²) in [7, 11) is 7.74. The van der Waals surface area contributed by atoms with Gasteiger partial charge in [-0.1, -0.05) is 13.8 Å². The molecule has 0 amide bonds. The summed E-state index contributed by atoms with van der Waals surface area (Å²) in [6, 6.07) is 5.92. The highest BCUT2D eigenvalue weighted by atomic mass is 79.9. The van der Waals surface area contributed by atoms with Gasteiger partial charge in [-0.2, -0.15) is 0 Å². The van der Waals surface area contributed by atoms with Gasteiger partial charge in [-0.25, -0.2) is 15.0 Å². The summed E-state index contributed by atoms with van der Waals surface area (Å²) in [4.78, 5) is 20.7. The molecule has 0 spiro atoms. The molecule has 9 nitrogen and oxygen atoms in total. The molecule has 0 fully saturated rings. The van der Waals surface area contributed by atoms with E-state index in [-0.39, 0.29) is 5.41 Å². The number of hydrogen-bond acceptors (Lipinski definition) is 9. The number of aromatic nitrogens is 3. The lowest BCUT2D eigenvalue weighted by Crippen LogP contribution is -2.46. The number of anilines is 2. The van der Waals surface area contributed by atoms with Crippen LogP contribution in [0.3, 0.4) is 0 Å². The zero-order valence-electron chi connectivity index (χ0n) is 21.3. The number of methoxy groups -OCH3 is 1. The predicted octanol–water partition coefficient (Wildman–Crippen LogP) is 2.82. The number of allylic oxidation sites excluding steroid dienone is 1. The Morgan fingerprint density at radius 2 is 1.89 bits per heavy atom. The Kier molecular flexibility index (Phi) is 6.82. The molecule has 4 N–H and O–H groups in total. The van der Waals surface area contributed by atoms with Gasteiger partial charge >= 0.3 is 0 Å². The van der Waals surface area contributed by atoms with E-state index in [9.17, 15) is 0 Å². The van der Waals surface area contributed by atoms with Crippen molar-refractivity contribution in [2.45, 2.75) is 31.2 Å². The number of fused-ring (bicyclic) bond motifs is 1. The maximum atomic E-state index is 6.95. The van der Waals surface area contributed by atoms with Crippen molar-refractivity contribution in [3.05, 3.63) is 63.7 Å². The van der Waals surface area contributed by atoms with E-state index in [4.69, 9.17) is 26.2 Å². The summed E-state index contributed by atoms with van der Waals surface area (Å²) in [6.07, 6.45) is 4.02. The number of pyridine rings is 1. The van der Waals surface area contributed by atoms with Gasteiger partial charge in [-0.05, 0) is 48.2 Å². The van der Waals surface area contributed by atoms with Crippen molar-refractivity contribution in [3.8, 4) is 0 Å². The van der Waals surface area contributed by atoms with Crippen LogP contribution in [0, 0.1) is 0 Å². The topological polar surface area (TPSA) is 110 Å². The molecule has 2 aliphatic rings. The van der Waals surface area contributed by atoms with Gasteiger partial charge in [0.1, 0.15) is 21.7 Å². The van der Waals surface area contributed by atoms with Gasteiger partial charge in [0.25, 0.3) is 0 Å². The lowest BCUT2D eigenvalue weighted by Gasteiger charge is -2.36. The fraction of sp³-hybridized carbons (Fsp3) is 0.480. The van der Waals surface area contributed by atoms with Crippen LogP contribution in [0.5, 0.6) is 0 Å². The molecule has 2 aromatic heterocycles. The highest BCUT2D eigenvalue weighted by Gasteiger charge is 2.42. The maximum Gasteiger partial charge on any atom is 0.158 e. The van der Waals surface area contributed by atoms with Crippen molar-refractivity contribution in [1.29, 1.82) is 0 Å². The molecule has 1 unspecified atom stereocenters. The van der Waals surface area contributed by atoms with Crippen LogP contribution < -0.4 is 16.4 Å². The summed E-state index contributed by atoms with van der Waals surface area (Å²) in [5.74, 6) is 1.82.